The van der Waals surface area contributed by atoms with Gasteiger partial charge in [-0.2, -0.15) is 13.2 Å². The van der Waals surface area contributed by atoms with Crippen LogP contribution >= 0.6 is 0 Å². The van der Waals surface area contributed by atoms with Crippen LogP contribution in [-0.4, -0.2) is 39.3 Å². The molecule has 1 aliphatic carbocycles. The maximum Gasteiger partial charge on any atom is 0.416 e. The maximum absolute atomic E-state index is 14.4. The van der Waals surface area contributed by atoms with E-state index in [4.69, 9.17) is 9.47 Å². The first-order chi connectivity index (χ1) is 20.6. The number of aryl methyl sites for hydroxylation is 1. The highest BCUT2D eigenvalue weighted by molar-refractivity contribution is 6.11. The van der Waals surface area contributed by atoms with Crippen LogP contribution in [0.1, 0.15) is 89.8 Å². The van der Waals surface area contributed by atoms with E-state index in [1.807, 2.05) is 24.6 Å². The summed E-state index contributed by atoms with van der Waals surface area (Å²) in [6.07, 6.45) is 0.317. The molecule has 43 heavy (non-hydrogen) atoms. The summed E-state index contributed by atoms with van der Waals surface area (Å²) in [7, 11) is 1.87. The second kappa shape index (κ2) is 11.4. The first kappa shape index (κ1) is 29.3. The molecule has 2 aliphatic heterocycles. The summed E-state index contributed by atoms with van der Waals surface area (Å²) in [5.41, 5.74) is 0.0571. The van der Waals surface area contributed by atoms with Gasteiger partial charge in [-0.3, -0.25) is 14.5 Å². The number of benzene rings is 2. The molecule has 3 heterocycles. The highest BCUT2D eigenvalue weighted by Crippen LogP contribution is 2.46. The maximum atomic E-state index is 14.4. The van der Waals surface area contributed by atoms with Gasteiger partial charge in [0.1, 0.15) is 12.4 Å². The lowest BCUT2D eigenvalue weighted by Crippen LogP contribution is -2.47. The van der Waals surface area contributed by atoms with Gasteiger partial charge in [-0.1, -0.05) is 12.1 Å². The van der Waals surface area contributed by atoms with E-state index >= 15 is 0 Å². The first-order valence-corrected chi connectivity index (χ1v) is 14.5. The molecule has 1 saturated carbocycles. The summed E-state index contributed by atoms with van der Waals surface area (Å²) in [5, 5.41) is 11.5. The lowest BCUT2D eigenvalue weighted by atomic mass is 9.78. The number of fused-ring (bicyclic) bond motifs is 1. The summed E-state index contributed by atoms with van der Waals surface area (Å²) in [4.78, 5) is 26.5. The molecule has 1 amide bonds. The largest absolute Gasteiger partial charge is 0.439 e. The quantitative estimate of drug-likeness (QED) is 0.330. The van der Waals surface area contributed by atoms with Gasteiger partial charge >= 0.3 is 6.18 Å². The molecular weight excluding hydrogens is 563 g/mol. The minimum Gasteiger partial charge on any atom is -0.439 e. The summed E-state index contributed by atoms with van der Waals surface area (Å²) >= 11 is 0. The van der Waals surface area contributed by atoms with Crippen molar-refractivity contribution in [3.8, 4) is 0 Å². The van der Waals surface area contributed by atoms with Crippen LogP contribution in [0.2, 0.25) is 0 Å². The zero-order valence-corrected chi connectivity index (χ0v) is 24.1. The van der Waals surface area contributed by atoms with E-state index < -0.39 is 23.9 Å². The minimum atomic E-state index is -4.76. The van der Waals surface area contributed by atoms with Crippen LogP contribution in [0, 0.1) is 5.92 Å². The van der Waals surface area contributed by atoms with Crippen LogP contribution in [0.3, 0.4) is 0 Å². The third-order valence-electron chi connectivity index (χ3n) is 8.98. The number of nitrogens with zero attached hydrogens (tertiary/aromatic N) is 4. The van der Waals surface area contributed by atoms with Crippen LogP contribution in [0.25, 0.3) is 0 Å². The summed E-state index contributed by atoms with van der Waals surface area (Å²) < 4.78 is 56.2. The van der Waals surface area contributed by atoms with Gasteiger partial charge in [0.05, 0.1) is 5.56 Å². The smallest absolute Gasteiger partial charge is 0.416 e. The van der Waals surface area contributed by atoms with Gasteiger partial charge in [-0.05, 0) is 86.8 Å². The zero-order chi connectivity index (χ0) is 30.4. The van der Waals surface area contributed by atoms with Crippen LogP contribution in [0.15, 0.2) is 42.7 Å². The number of alkyl halides is 3. The lowest BCUT2D eigenvalue weighted by molar-refractivity contribution is -0.142. The topological polar surface area (TPSA) is 98.6 Å². The lowest BCUT2D eigenvalue weighted by Gasteiger charge is -2.39. The number of carbonyl (C=O) groups is 2. The Morgan fingerprint density at radius 1 is 1.21 bits per heavy atom. The predicted octanol–water partition coefficient (Wildman–Crippen LogP) is 5.41. The molecule has 12 heteroatoms. The van der Waals surface area contributed by atoms with E-state index in [0.29, 0.717) is 24.3 Å². The standard InChI is InChI=1S/C31H34F3N5O4/c1-30(8-4-9-30)35-16-21-13-23-26(24(14-21)31(32,33)34)29(43-18-40)39(28(23)41)22-6-3-5-19(12-22)11-20-7-10-42-25(15-20)27-37-36-17-38(27)2/h3,5-6,12-14,17-18,20,25,29,35H,4,7-11,15-16H2,1-2H3/t20-,25+,29?/m1/s1. The fourth-order valence-corrected chi connectivity index (χ4v) is 6.47. The number of carbonyl (C=O) groups excluding carboxylic acids is 2. The molecule has 2 aromatic carbocycles. The van der Waals surface area contributed by atoms with Crippen LogP contribution in [-0.2, 0) is 40.5 Å². The highest BCUT2D eigenvalue weighted by Gasteiger charge is 2.47. The van der Waals surface area contributed by atoms with Crippen molar-refractivity contribution in [3.05, 3.63) is 76.4 Å². The Morgan fingerprint density at radius 3 is 2.70 bits per heavy atom. The number of hydrogen-bond acceptors (Lipinski definition) is 7. The van der Waals surface area contributed by atoms with E-state index in [9.17, 15) is 22.8 Å². The second-order valence-corrected chi connectivity index (χ2v) is 12.1. The summed E-state index contributed by atoms with van der Waals surface area (Å²) in [6, 6.07) is 9.66. The first-order valence-electron chi connectivity index (χ1n) is 14.5. The Morgan fingerprint density at radius 2 is 2.02 bits per heavy atom. The molecule has 1 unspecified atom stereocenters. The van der Waals surface area contributed by atoms with Crippen LogP contribution in [0.4, 0.5) is 18.9 Å². The number of hydrogen-bond donors (Lipinski definition) is 1. The molecule has 0 bridgehead atoms. The van der Waals surface area contributed by atoms with Gasteiger partial charge in [0.2, 0.25) is 6.23 Å². The van der Waals surface area contributed by atoms with Crippen molar-refractivity contribution in [2.75, 3.05) is 11.5 Å². The van der Waals surface area contributed by atoms with E-state index in [1.54, 1.807) is 24.5 Å². The zero-order valence-electron chi connectivity index (χ0n) is 24.1. The van der Waals surface area contributed by atoms with Crippen molar-refractivity contribution in [3.63, 3.8) is 0 Å². The molecule has 1 N–H and O–H groups in total. The van der Waals surface area contributed by atoms with E-state index in [1.165, 1.54) is 6.07 Å². The van der Waals surface area contributed by atoms with Gasteiger partial charge in [0.15, 0.2) is 5.82 Å². The van der Waals surface area contributed by atoms with Gasteiger partial charge in [-0.25, -0.2) is 0 Å². The predicted molar refractivity (Wildman–Crippen MR) is 150 cm³/mol. The summed E-state index contributed by atoms with van der Waals surface area (Å²) in [5.74, 6) is 0.364. The monoisotopic (exact) mass is 597 g/mol. The number of halogens is 3. The Bertz CT molecular complexity index is 1520. The number of anilines is 1. The molecule has 9 nitrogen and oxygen atoms in total. The molecule has 0 radical (unpaired) electrons. The molecule has 3 atom stereocenters. The Balaban J connectivity index is 1.28. The third kappa shape index (κ3) is 5.77. The number of aromatic nitrogens is 3. The average molecular weight is 598 g/mol. The average Bonchev–Trinajstić information content (AvgIpc) is 3.51. The minimum absolute atomic E-state index is 0.0889. The Kier molecular flexibility index (Phi) is 7.76. The van der Waals surface area contributed by atoms with Crippen molar-refractivity contribution in [1.82, 2.24) is 20.1 Å². The SMILES string of the molecule is Cn1cnnc1[C@@H]1C[C@@H](Cc2cccc(N3C(=O)c4cc(CNC5(C)CCC5)cc(C(F)(F)F)c4C3OC=O)c2)CCO1. The van der Waals surface area contributed by atoms with Crippen molar-refractivity contribution in [1.29, 1.82) is 0 Å². The second-order valence-electron chi connectivity index (χ2n) is 12.1. The molecule has 1 saturated heterocycles. The van der Waals surface area contributed by atoms with Gasteiger partial charge < -0.3 is 19.4 Å². The molecule has 0 spiro atoms. The van der Waals surface area contributed by atoms with Crippen molar-refractivity contribution >= 4 is 18.1 Å². The van der Waals surface area contributed by atoms with E-state index in [2.05, 4.69) is 15.5 Å². The molecule has 228 valence electrons. The number of ether oxygens (including phenoxy) is 2. The molecule has 3 aromatic rings. The van der Waals surface area contributed by atoms with Crippen molar-refractivity contribution in [2.24, 2.45) is 13.0 Å². The van der Waals surface area contributed by atoms with Crippen LogP contribution in [0.5, 0.6) is 0 Å². The normalized spacial score (nSPS) is 23.1. The molecule has 1 aromatic heterocycles. The van der Waals surface area contributed by atoms with E-state index in [-0.39, 0.29) is 41.7 Å². The third-order valence-corrected chi connectivity index (χ3v) is 8.98. The molecule has 3 aliphatic rings. The molecular formula is C31H34F3N5O4. The number of nitrogens with one attached hydrogen (secondary N) is 1. The van der Waals surface area contributed by atoms with Crippen molar-refractivity contribution in [2.45, 2.75) is 76.0 Å². The highest BCUT2D eigenvalue weighted by atomic mass is 19.4. The van der Waals surface area contributed by atoms with Crippen molar-refractivity contribution < 1.29 is 32.2 Å². The summed E-state index contributed by atoms with van der Waals surface area (Å²) in [6.45, 7) is 2.88. The van der Waals surface area contributed by atoms with Crippen LogP contribution < -0.4 is 10.2 Å². The van der Waals surface area contributed by atoms with Gasteiger partial charge in [0, 0.05) is 42.6 Å². The van der Waals surface area contributed by atoms with Gasteiger partial charge in [0.25, 0.3) is 12.4 Å². The number of amides is 1. The number of rotatable bonds is 9. The molecule has 2 fully saturated rings. The fourth-order valence-electron chi connectivity index (χ4n) is 6.47. The Labute approximate surface area is 247 Å². The Hall–Kier alpha value is -3.77. The van der Waals surface area contributed by atoms with E-state index in [0.717, 1.165) is 54.5 Å². The molecule has 6 rings (SSSR count). The van der Waals surface area contributed by atoms with Gasteiger partial charge in [-0.15, -0.1) is 10.2 Å². The fraction of sp³-hybridized carbons (Fsp3) is 0.484.